The molecule has 61 heavy (non-hydrogen) atoms. The number of rotatable bonds is 10. The van der Waals surface area contributed by atoms with E-state index in [-0.39, 0.29) is 175 Å². The number of azo groups is 2. The molecule has 0 radical (unpaired) electrons. The summed E-state index contributed by atoms with van der Waals surface area (Å²) in [6.07, 6.45) is 4.25. The first-order chi connectivity index (χ1) is 26.1. The maximum Gasteiger partial charge on any atom is 2.00 e. The van der Waals surface area contributed by atoms with Gasteiger partial charge in [-0.1, -0.05) is 47.9 Å². The van der Waals surface area contributed by atoms with Crippen LogP contribution in [-0.2, 0) is 40.5 Å². The van der Waals surface area contributed by atoms with Crippen molar-refractivity contribution in [2.75, 3.05) is 0 Å². The first kappa shape index (κ1) is 57.7. The summed E-state index contributed by atoms with van der Waals surface area (Å²) in [7, 11) is -20.9. The van der Waals surface area contributed by atoms with Crippen molar-refractivity contribution in [1.29, 1.82) is 0 Å². The van der Waals surface area contributed by atoms with Gasteiger partial charge in [0.05, 0.1) is 53.4 Å². The van der Waals surface area contributed by atoms with Crippen LogP contribution in [0.25, 0.3) is 34.0 Å². The summed E-state index contributed by atoms with van der Waals surface area (Å²) in [5.74, 6) is -1.84. The van der Waals surface area contributed by atoms with Crippen molar-refractivity contribution in [3.63, 3.8) is 0 Å². The quantitative estimate of drug-likeness (QED) is 0.0533. The van der Waals surface area contributed by atoms with Crippen molar-refractivity contribution >= 4 is 120 Å². The monoisotopic (exact) mass is 952 g/mol. The molecule has 0 aliphatic rings. The molecule has 6 aromatic rings. The van der Waals surface area contributed by atoms with E-state index in [1.807, 2.05) is 0 Å². The van der Waals surface area contributed by atoms with Gasteiger partial charge in [-0.2, -0.15) is 20.5 Å². The van der Waals surface area contributed by atoms with E-state index in [4.69, 9.17) is 0 Å². The molecule has 0 bridgehead atoms. The van der Waals surface area contributed by atoms with E-state index in [9.17, 15) is 62.1 Å². The minimum absolute atomic E-state index is 0. The van der Waals surface area contributed by atoms with Crippen LogP contribution in [0, 0.1) is 0 Å². The van der Waals surface area contributed by atoms with Gasteiger partial charge in [0.15, 0.2) is 0 Å². The van der Waals surface area contributed by atoms with Crippen molar-refractivity contribution < 1.29 is 180 Å². The van der Waals surface area contributed by atoms with Crippen molar-refractivity contribution in [1.82, 2.24) is 9.97 Å². The van der Waals surface area contributed by atoms with Crippen LogP contribution in [0.3, 0.4) is 0 Å². The molecule has 0 saturated heterocycles. The minimum Gasteiger partial charge on any atom is -0.869 e. The van der Waals surface area contributed by atoms with Gasteiger partial charge in [-0.05, 0) is 59.7 Å². The number of pyridine rings is 2. The normalized spacial score (nSPS) is 12.1. The van der Waals surface area contributed by atoms with E-state index in [1.54, 1.807) is 0 Å². The molecule has 20 nitrogen and oxygen atoms in total. The minimum atomic E-state index is -5.30. The molecule has 2 heterocycles. The third-order valence-corrected chi connectivity index (χ3v) is 11.2. The van der Waals surface area contributed by atoms with Crippen LogP contribution in [0.4, 0.5) is 22.7 Å². The fraction of sp³-hybridized carbons (Fsp3) is 0. The van der Waals surface area contributed by atoms with Gasteiger partial charge in [0.2, 0.25) is 0 Å². The Balaban J connectivity index is 0.00000372. The number of hydrogen-bond donors (Lipinski definition) is 0. The second-order valence-corrected chi connectivity index (χ2v) is 16.6. The molecule has 0 saturated carbocycles. The SMILES string of the molecule is O=S(=O)([O-])c1cc(N=Nc2cc(S(=O)(=O)[O-])c3cccnc3c2[O-])ccc1/C=C/c1ccc(N=Nc2cc(S(=O)(=O)[O-])c3cccnc3c2[O-])cc1S(=O)(=O)[O-].[Mg+2].[Na+].[Na+].[Na+].[Na+]. The Bertz CT molecular complexity index is 2990. The van der Waals surface area contributed by atoms with E-state index >= 15 is 0 Å². The molecule has 0 atom stereocenters. The van der Waals surface area contributed by atoms with Crippen LogP contribution < -0.4 is 128 Å². The molecule has 0 spiro atoms. The molecular formula is C32H16MgN6Na4O14S4. The van der Waals surface area contributed by atoms with Gasteiger partial charge in [-0.25, -0.2) is 33.7 Å². The van der Waals surface area contributed by atoms with E-state index in [1.165, 1.54) is 36.7 Å². The summed E-state index contributed by atoms with van der Waals surface area (Å²) in [6, 6.07) is 12.0. The first-order valence-corrected chi connectivity index (χ1v) is 20.6. The summed E-state index contributed by atoms with van der Waals surface area (Å²) in [6.45, 7) is 0. The number of aromatic nitrogens is 2. The van der Waals surface area contributed by atoms with Crippen LogP contribution in [0.1, 0.15) is 11.1 Å². The molecule has 288 valence electrons. The van der Waals surface area contributed by atoms with E-state index in [0.29, 0.717) is 12.1 Å². The van der Waals surface area contributed by atoms with Gasteiger partial charge in [0.1, 0.15) is 40.5 Å². The molecule has 0 aliphatic carbocycles. The second-order valence-electron chi connectivity index (χ2n) is 11.2. The number of hydrogen-bond acceptors (Lipinski definition) is 20. The first-order valence-electron chi connectivity index (χ1n) is 14.9. The van der Waals surface area contributed by atoms with E-state index < -0.39 is 94.0 Å². The topological polar surface area (TPSA) is 350 Å². The Kier molecular flexibility index (Phi) is 21.5. The van der Waals surface area contributed by atoms with Crippen molar-refractivity contribution in [3.05, 3.63) is 96.3 Å². The Morgan fingerprint density at radius 3 is 1.10 bits per heavy atom. The zero-order chi connectivity index (χ0) is 40.8. The largest absolute Gasteiger partial charge is 2.00 e. The van der Waals surface area contributed by atoms with Crippen LogP contribution in [-0.4, -0.2) is 84.9 Å². The van der Waals surface area contributed by atoms with Crippen LogP contribution in [0.5, 0.6) is 11.5 Å². The van der Waals surface area contributed by atoms with Gasteiger partial charge in [0.25, 0.3) is 0 Å². The van der Waals surface area contributed by atoms with E-state index in [0.717, 1.165) is 48.6 Å². The summed E-state index contributed by atoms with van der Waals surface area (Å²) in [5, 5.41) is 39.9. The predicted molar refractivity (Wildman–Crippen MR) is 190 cm³/mol. The van der Waals surface area contributed by atoms with Gasteiger partial charge in [0, 0.05) is 23.2 Å². The molecule has 4 aromatic carbocycles. The van der Waals surface area contributed by atoms with E-state index in [2.05, 4.69) is 30.4 Å². The molecule has 6 rings (SSSR count). The zero-order valence-electron chi connectivity index (χ0n) is 32.0. The van der Waals surface area contributed by atoms with Gasteiger partial charge in [-0.3, -0.25) is 9.97 Å². The maximum absolute atomic E-state index is 12.9. The molecule has 2 aromatic heterocycles. The Hall–Kier alpha value is -1.35. The summed E-state index contributed by atoms with van der Waals surface area (Å²) < 4.78 is 144. The Morgan fingerprint density at radius 1 is 0.459 bits per heavy atom. The number of fused-ring (bicyclic) bond motifs is 2. The summed E-state index contributed by atoms with van der Waals surface area (Å²) in [4.78, 5) is 4.09. The Labute approximate surface area is 451 Å². The number of benzene rings is 4. The Morgan fingerprint density at radius 2 is 0.787 bits per heavy atom. The molecule has 29 heteroatoms. The van der Waals surface area contributed by atoms with Gasteiger partial charge in [-0.15, -0.1) is 0 Å². The zero-order valence-corrected chi connectivity index (χ0v) is 44.7. The fourth-order valence-electron chi connectivity index (χ4n) is 5.19. The second kappa shape index (κ2) is 22.7. The van der Waals surface area contributed by atoms with Crippen molar-refractivity contribution in [3.8, 4) is 11.5 Å². The average molecular weight is 953 g/mol. The standard InChI is InChI=1S/C32H22N6O14S4.Mg.4Na/c39-31-23(15-27(55(47,48)49)21-3-1-11-33-29(21)31)37-35-19-9-7-17(25(13-19)53(41,42)43)5-6-18-8-10-20(14-26(18)54(44,45)46)36-38-24-16-28(56(50,51)52)22-4-2-12-34-30(22)32(24)40;;;;;/h1-16,39-40H,(H,41,42,43)(H,44,45,46)(H,47,48,49)(H,50,51,52);;;;;/q;+2;4*+1/p-6/b6-5+,37-35?,38-36?;;;;;. The molecule has 0 N–H and O–H groups in total. The van der Waals surface area contributed by atoms with Crippen LogP contribution in [0.2, 0.25) is 0 Å². The third kappa shape index (κ3) is 13.6. The third-order valence-electron chi connectivity index (χ3n) is 7.64. The summed E-state index contributed by atoms with van der Waals surface area (Å²) in [5.41, 5.74) is -3.50. The fourth-order valence-corrected chi connectivity index (χ4v) is 7.95. The van der Waals surface area contributed by atoms with Crippen molar-refractivity contribution in [2.24, 2.45) is 20.5 Å². The number of nitrogens with zero attached hydrogens (tertiary/aromatic N) is 6. The van der Waals surface area contributed by atoms with Crippen molar-refractivity contribution in [2.45, 2.75) is 19.6 Å². The average Bonchev–Trinajstić information content (AvgIpc) is 3.12. The van der Waals surface area contributed by atoms with Gasteiger partial charge < -0.3 is 28.4 Å². The molecule has 0 aliphatic heterocycles. The smallest absolute Gasteiger partial charge is 0.869 e. The molecular weight excluding hydrogens is 937 g/mol. The van der Waals surface area contributed by atoms with Crippen LogP contribution >= 0.6 is 0 Å². The maximum atomic E-state index is 12.9. The molecule has 0 fully saturated rings. The summed E-state index contributed by atoms with van der Waals surface area (Å²) >= 11 is 0. The van der Waals surface area contributed by atoms with Gasteiger partial charge >= 0.3 is 141 Å². The molecule has 0 amide bonds. The molecule has 0 unspecified atom stereocenters. The van der Waals surface area contributed by atoms with Crippen LogP contribution in [0.15, 0.2) is 125 Å². The predicted octanol–water partition coefficient (Wildman–Crippen LogP) is -8.82.